The Morgan fingerprint density at radius 2 is 1.57 bits per heavy atom. The Balaban J connectivity index is 0.00000372. The summed E-state index contributed by atoms with van der Waals surface area (Å²) in [6.07, 6.45) is 3.41. The first-order chi connectivity index (χ1) is 21.8. The van der Waals surface area contributed by atoms with Crippen LogP contribution in [-0.4, -0.2) is 66.1 Å². The van der Waals surface area contributed by atoms with Crippen molar-refractivity contribution in [3.8, 4) is 11.1 Å². The second-order valence-electron chi connectivity index (χ2n) is 13.2. The van der Waals surface area contributed by atoms with Crippen LogP contribution >= 0.6 is 0 Å². The highest BCUT2D eigenvalue weighted by molar-refractivity contribution is 5.95. The fourth-order valence-corrected chi connectivity index (χ4v) is 7.46. The van der Waals surface area contributed by atoms with Crippen molar-refractivity contribution in [1.82, 2.24) is 0 Å². The molecule has 7 rings (SSSR count). The minimum atomic E-state index is -0.433. The number of carbonyl (C=O) groups is 2. The lowest BCUT2D eigenvalue weighted by Gasteiger charge is -2.45. The molecule has 2 amide bonds. The number of piperidine rings is 1. The molecule has 8 nitrogen and oxygen atoms in total. The number of hydrogen-bond donors (Lipinski definition) is 3. The normalized spacial score (nSPS) is 23.6. The first-order valence-corrected chi connectivity index (χ1v) is 15.9. The van der Waals surface area contributed by atoms with E-state index in [4.69, 9.17) is 9.47 Å². The van der Waals surface area contributed by atoms with Crippen LogP contribution in [0.3, 0.4) is 0 Å². The number of aliphatic hydroxyl groups is 1. The third-order valence-electron chi connectivity index (χ3n) is 9.96. The molecule has 4 aromatic carbocycles. The van der Waals surface area contributed by atoms with Crippen molar-refractivity contribution >= 4 is 34.1 Å². The van der Waals surface area contributed by atoms with Gasteiger partial charge in [0.1, 0.15) is 30.4 Å². The second kappa shape index (κ2) is 13.3. The molecular weight excluding hydrogens is 693 g/mol. The van der Waals surface area contributed by atoms with Crippen molar-refractivity contribution in [2.24, 2.45) is 0 Å². The van der Waals surface area contributed by atoms with Crippen LogP contribution in [0, 0.1) is 0 Å². The zero-order valence-corrected chi connectivity index (χ0v) is 28.3. The van der Waals surface area contributed by atoms with E-state index in [2.05, 4.69) is 30.8 Å². The SMILES string of the molecule is C[N+]1(C)[C@@H]2C[C@@H](OC(=O)Nc3cc(CCCC(=O)Nc4ccc5cc(CO)ccc5c4)ccc3-c3ccccc3)C[C@H]1[C@@H]1O[C@@H]12.[I-]. The largest absolute Gasteiger partial charge is 1.00 e. The predicted molar refractivity (Wildman–Crippen MR) is 175 cm³/mol. The van der Waals surface area contributed by atoms with Crippen LogP contribution in [0.2, 0.25) is 0 Å². The molecule has 4 aromatic rings. The maximum Gasteiger partial charge on any atom is 0.411 e. The number of amides is 2. The van der Waals surface area contributed by atoms with E-state index in [-0.39, 0.29) is 42.6 Å². The molecule has 0 aliphatic carbocycles. The molecule has 2 bridgehead atoms. The summed E-state index contributed by atoms with van der Waals surface area (Å²) in [6, 6.07) is 28.4. The highest BCUT2D eigenvalue weighted by Crippen LogP contribution is 2.51. The van der Waals surface area contributed by atoms with E-state index < -0.39 is 6.09 Å². The molecule has 9 heteroatoms. The van der Waals surface area contributed by atoms with Crippen molar-refractivity contribution in [2.75, 3.05) is 24.7 Å². The summed E-state index contributed by atoms with van der Waals surface area (Å²) in [5.74, 6) is -0.0459. The maximum absolute atomic E-state index is 13.2. The number of nitrogens with zero attached hydrogens (tertiary/aromatic N) is 1. The standard InChI is InChI=1S/C37H39N3O5.HI/c1-40(2)32-20-29(21-33(40)36-35(32)45-36)44-37(43)39-31-18-23(12-16-30(31)25-8-4-3-5-9-25)7-6-10-34(42)38-28-15-14-26-17-24(22-41)11-13-27(26)19-28;/h3-5,8-9,11-19,29,32-33,35-36,41H,6-7,10,20-22H2,1-2H3,(H-,38,39,42,43);1H/t29-,32-,33+,35-,36+;. The quantitative estimate of drug-likeness (QED) is 0.140. The number of carbonyl (C=O) groups excluding carboxylic acids is 2. The van der Waals surface area contributed by atoms with Gasteiger partial charge < -0.3 is 48.4 Å². The number of rotatable bonds is 9. The first kappa shape index (κ1) is 32.4. The van der Waals surface area contributed by atoms with Gasteiger partial charge in [-0.2, -0.15) is 0 Å². The van der Waals surface area contributed by atoms with Gasteiger partial charge >= 0.3 is 6.09 Å². The number of aryl methyl sites for hydroxylation is 1. The van der Waals surface area contributed by atoms with Crippen molar-refractivity contribution in [3.63, 3.8) is 0 Å². The number of likely N-dealkylation sites (N-methyl/N-ethyl adjacent to an activating group) is 1. The lowest BCUT2D eigenvalue weighted by Crippen LogP contribution is -3.00. The monoisotopic (exact) mass is 733 g/mol. The number of quaternary nitrogens is 1. The number of fused-ring (bicyclic) bond motifs is 6. The van der Waals surface area contributed by atoms with Gasteiger partial charge in [-0.15, -0.1) is 0 Å². The number of morpholine rings is 1. The van der Waals surface area contributed by atoms with Gasteiger partial charge in [0.05, 0.1) is 26.4 Å². The molecule has 5 atom stereocenters. The molecule has 240 valence electrons. The molecule has 3 fully saturated rings. The summed E-state index contributed by atoms with van der Waals surface area (Å²) >= 11 is 0. The predicted octanol–water partition coefficient (Wildman–Crippen LogP) is 3.27. The van der Waals surface area contributed by atoms with Crippen LogP contribution in [0.5, 0.6) is 0 Å². The minimum absolute atomic E-state index is 0. The van der Waals surface area contributed by atoms with Crippen molar-refractivity contribution < 1.29 is 52.6 Å². The Bertz CT molecular complexity index is 1730. The van der Waals surface area contributed by atoms with Crippen molar-refractivity contribution in [1.29, 1.82) is 0 Å². The number of benzene rings is 4. The lowest BCUT2D eigenvalue weighted by atomic mass is 9.96. The molecular formula is C37H40IN3O5. The second-order valence-corrected chi connectivity index (χ2v) is 13.2. The van der Waals surface area contributed by atoms with Gasteiger partial charge in [0.15, 0.2) is 0 Å². The molecule has 3 heterocycles. The fraction of sp³-hybridized carbons (Fsp3) is 0.351. The summed E-state index contributed by atoms with van der Waals surface area (Å²) < 4.78 is 12.8. The Labute approximate surface area is 286 Å². The van der Waals surface area contributed by atoms with Crippen molar-refractivity contribution in [2.45, 2.75) is 69.1 Å². The molecule has 0 saturated carbocycles. The summed E-state index contributed by atoms with van der Waals surface area (Å²) in [6.45, 7) is 0.00125. The minimum Gasteiger partial charge on any atom is -1.00 e. The molecule has 3 aliphatic heterocycles. The van der Waals surface area contributed by atoms with Gasteiger partial charge in [0.2, 0.25) is 5.91 Å². The van der Waals surface area contributed by atoms with E-state index in [9.17, 15) is 14.7 Å². The number of halogens is 1. The molecule has 46 heavy (non-hydrogen) atoms. The summed E-state index contributed by atoms with van der Waals surface area (Å²) in [5, 5.41) is 17.5. The number of epoxide rings is 1. The van der Waals surface area contributed by atoms with Crippen LogP contribution in [0.4, 0.5) is 16.2 Å². The number of anilines is 2. The Hall–Kier alpha value is -3.51. The van der Waals surface area contributed by atoms with Gasteiger partial charge in [-0.05, 0) is 64.6 Å². The molecule has 0 spiro atoms. The smallest absolute Gasteiger partial charge is 0.411 e. The molecule has 0 aromatic heterocycles. The number of nitrogens with one attached hydrogen (secondary N) is 2. The molecule has 3 saturated heterocycles. The summed E-state index contributed by atoms with van der Waals surface area (Å²) in [4.78, 5) is 26.0. The van der Waals surface area contributed by atoms with Crippen LogP contribution in [0.25, 0.3) is 21.9 Å². The highest BCUT2D eigenvalue weighted by Gasteiger charge is 2.70. The number of aliphatic hydroxyl groups excluding tert-OH is 1. The molecule has 3 N–H and O–H groups in total. The number of ether oxygens (including phenoxy) is 2. The van der Waals surface area contributed by atoms with E-state index in [0.717, 1.165) is 56.0 Å². The van der Waals surface area contributed by atoms with Gasteiger partial charge in [0, 0.05) is 30.5 Å². The highest BCUT2D eigenvalue weighted by atomic mass is 127. The molecule has 3 aliphatic rings. The zero-order valence-electron chi connectivity index (χ0n) is 26.1. The summed E-state index contributed by atoms with van der Waals surface area (Å²) in [7, 11) is 4.53. The maximum atomic E-state index is 13.2. The van der Waals surface area contributed by atoms with E-state index >= 15 is 0 Å². The lowest BCUT2D eigenvalue weighted by molar-refractivity contribution is -0.938. The van der Waals surface area contributed by atoms with Crippen LogP contribution in [0.15, 0.2) is 84.9 Å². The van der Waals surface area contributed by atoms with Crippen molar-refractivity contribution in [3.05, 3.63) is 96.1 Å². The number of hydrogen-bond acceptors (Lipinski definition) is 5. The Morgan fingerprint density at radius 3 is 2.30 bits per heavy atom. The topological polar surface area (TPSA) is 100 Å². The zero-order chi connectivity index (χ0) is 31.1. The average molecular weight is 734 g/mol. The molecule has 0 unspecified atom stereocenters. The Morgan fingerprint density at radius 1 is 0.870 bits per heavy atom. The third kappa shape index (κ3) is 6.64. The summed E-state index contributed by atoms with van der Waals surface area (Å²) in [5.41, 5.74) is 5.28. The van der Waals surface area contributed by atoms with E-state index in [0.29, 0.717) is 49.2 Å². The van der Waals surface area contributed by atoms with Crippen LogP contribution in [-0.2, 0) is 27.3 Å². The third-order valence-corrected chi connectivity index (χ3v) is 9.96. The fourth-order valence-electron chi connectivity index (χ4n) is 7.46. The van der Waals surface area contributed by atoms with Gasteiger partial charge in [-0.25, -0.2) is 4.79 Å². The first-order valence-electron chi connectivity index (χ1n) is 15.9. The Kier molecular flexibility index (Phi) is 9.38. The molecule has 0 radical (unpaired) electrons. The van der Waals surface area contributed by atoms with Crippen LogP contribution < -0.4 is 34.6 Å². The van der Waals surface area contributed by atoms with Gasteiger partial charge in [0.25, 0.3) is 0 Å². The van der Waals surface area contributed by atoms with E-state index in [1.165, 1.54) is 0 Å². The van der Waals surface area contributed by atoms with Crippen LogP contribution in [0.1, 0.15) is 36.8 Å². The van der Waals surface area contributed by atoms with Gasteiger partial charge in [-0.1, -0.05) is 60.7 Å². The van der Waals surface area contributed by atoms with E-state index in [1.807, 2.05) is 78.9 Å². The van der Waals surface area contributed by atoms with E-state index in [1.54, 1.807) is 0 Å². The van der Waals surface area contributed by atoms with Gasteiger partial charge in [-0.3, -0.25) is 10.1 Å². The average Bonchev–Trinajstić information content (AvgIpc) is 3.80.